The molecular formula is C26H33N3O6S. The van der Waals surface area contributed by atoms with Gasteiger partial charge in [-0.05, 0) is 44.2 Å². The smallest absolute Gasteiger partial charge is 0.247 e. The van der Waals surface area contributed by atoms with E-state index in [2.05, 4.69) is 16.8 Å². The quantitative estimate of drug-likeness (QED) is 0.556. The van der Waals surface area contributed by atoms with E-state index in [1.807, 2.05) is 13.0 Å². The van der Waals surface area contributed by atoms with E-state index in [0.717, 1.165) is 0 Å². The molecule has 2 aromatic rings. The molecule has 36 heavy (non-hydrogen) atoms. The van der Waals surface area contributed by atoms with Gasteiger partial charge in [0.05, 0.1) is 19.6 Å². The Morgan fingerprint density at radius 1 is 1.31 bits per heavy atom. The van der Waals surface area contributed by atoms with E-state index in [9.17, 15) is 23.4 Å². The van der Waals surface area contributed by atoms with Gasteiger partial charge in [0.2, 0.25) is 15.9 Å². The first-order chi connectivity index (χ1) is 17.0. The number of aliphatic hydroxyl groups excluding tert-OH is 2. The van der Waals surface area contributed by atoms with Crippen molar-refractivity contribution in [2.24, 2.45) is 5.92 Å². The lowest BCUT2D eigenvalue weighted by molar-refractivity contribution is -0.130. The Bertz CT molecular complexity index is 1220. The number of sulfonamides is 1. The maximum atomic E-state index is 13.5. The molecule has 10 heteroatoms. The van der Waals surface area contributed by atoms with Crippen molar-refractivity contribution < 1.29 is 28.2 Å². The van der Waals surface area contributed by atoms with Crippen molar-refractivity contribution in [2.75, 3.05) is 26.7 Å². The third-order valence-corrected chi connectivity index (χ3v) is 8.05. The molecule has 9 nitrogen and oxygen atoms in total. The highest BCUT2D eigenvalue weighted by molar-refractivity contribution is 7.89. The van der Waals surface area contributed by atoms with Gasteiger partial charge in [-0.2, -0.15) is 4.31 Å². The van der Waals surface area contributed by atoms with E-state index < -0.39 is 28.3 Å². The molecule has 0 radical (unpaired) electrons. The van der Waals surface area contributed by atoms with Gasteiger partial charge in [0.25, 0.3) is 0 Å². The molecule has 1 aliphatic rings. The van der Waals surface area contributed by atoms with Crippen molar-refractivity contribution >= 4 is 15.9 Å². The SMILES string of the molecule is C[C@H](O)C#Cc1ccc2c(c1)O[C@H](CN(C)C(=O)Cc1ccccn1)[C@@H](C)CN([C@@H](C)CO)S2(=O)=O. The second kappa shape index (κ2) is 11.8. The maximum absolute atomic E-state index is 13.5. The molecule has 194 valence electrons. The van der Waals surface area contributed by atoms with Crippen LogP contribution in [-0.4, -0.2) is 83.7 Å². The number of benzene rings is 1. The van der Waals surface area contributed by atoms with E-state index in [0.29, 0.717) is 11.3 Å². The van der Waals surface area contributed by atoms with Crippen LogP contribution in [0.4, 0.5) is 0 Å². The number of carbonyl (C=O) groups excluding carboxylic acids is 1. The molecular weight excluding hydrogens is 482 g/mol. The van der Waals surface area contributed by atoms with E-state index >= 15 is 0 Å². The summed E-state index contributed by atoms with van der Waals surface area (Å²) in [5, 5.41) is 19.3. The molecule has 3 rings (SSSR count). The second-order valence-electron chi connectivity index (χ2n) is 9.12. The zero-order chi connectivity index (χ0) is 26.5. The van der Waals surface area contributed by atoms with E-state index in [1.54, 1.807) is 43.3 Å². The van der Waals surface area contributed by atoms with Crippen molar-refractivity contribution in [1.82, 2.24) is 14.2 Å². The maximum Gasteiger partial charge on any atom is 0.247 e. The number of likely N-dealkylation sites (N-methyl/N-ethyl adjacent to an activating group) is 1. The molecule has 0 bridgehead atoms. The van der Waals surface area contributed by atoms with Crippen LogP contribution in [0.2, 0.25) is 0 Å². The fraction of sp³-hybridized carbons (Fsp3) is 0.462. The molecule has 0 fully saturated rings. The van der Waals surface area contributed by atoms with Gasteiger partial charge < -0.3 is 19.8 Å². The average molecular weight is 516 g/mol. The highest BCUT2D eigenvalue weighted by Gasteiger charge is 2.38. The van der Waals surface area contributed by atoms with Crippen molar-refractivity contribution in [2.45, 2.75) is 50.3 Å². The number of fused-ring (bicyclic) bond motifs is 1. The third-order valence-electron chi connectivity index (χ3n) is 6.03. The number of nitrogens with zero attached hydrogens (tertiary/aromatic N) is 3. The van der Waals surface area contributed by atoms with E-state index in [1.165, 1.54) is 23.4 Å². The van der Waals surface area contributed by atoms with Gasteiger partial charge in [0, 0.05) is 43.0 Å². The Labute approximate surface area is 212 Å². The summed E-state index contributed by atoms with van der Waals surface area (Å²) in [6, 6.07) is 9.25. The first kappa shape index (κ1) is 27.6. The largest absolute Gasteiger partial charge is 0.487 e. The van der Waals surface area contributed by atoms with Gasteiger partial charge in [-0.15, -0.1) is 0 Å². The number of aromatic nitrogens is 1. The first-order valence-electron chi connectivity index (χ1n) is 11.8. The van der Waals surface area contributed by atoms with Crippen LogP contribution >= 0.6 is 0 Å². The molecule has 4 atom stereocenters. The number of ether oxygens (including phenoxy) is 1. The number of hydrogen-bond donors (Lipinski definition) is 2. The summed E-state index contributed by atoms with van der Waals surface area (Å²) in [6.45, 7) is 5.03. The minimum atomic E-state index is -3.98. The Morgan fingerprint density at radius 3 is 2.69 bits per heavy atom. The zero-order valence-corrected chi connectivity index (χ0v) is 21.8. The molecule has 0 saturated carbocycles. The summed E-state index contributed by atoms with van der Waals surface area (Å²) < 4.78 is 34.6. The Balaban J connectivity index is 1.96. The van der Waals surface area contributed by atoms with Gasteiger partial charge in [-0.25, -0.2) is 8.42 Å². The van der Waals surface area contributed by atoms with Crippen molar-refractivity contribution in [3.8, 4) is 17.6 Å². The van der Waals surface area contributed by atoms with Crippen molar-refractivity contribution in [3.63, 3.8) is 0 Å². The van der Waals surface area contributed by atoms with Crippen LogP contribution in [0, 0.1) is 17.8 Å². The van der Waals surface area contributed by atoms with Crippen LogP contribution in [0.25, 0.3) is 0 Å². The van der Waals surface area contributed by atoms with E-state index in [4.69, 9.17) is 4.74 Å². The van der Waals surface area contributed by atoms with Crippen LogP contribution in [0.15, 0.2) is 47.5 Å². The lowest BCUT2D eigenvalue weighted by Crippen LogP contribution is -2.50. The topological polar surface area (TPSA) is 120 Å². The molecule has 1 aliphatic heterocycles. The fourth-order valence-corrected chi connectivity index (χ4v) is 5.70. The molecule has 2 heterocycles. The predicted molar refractivity (Wildman–Crippen MR) is 135 cm³/mol. The summed E-state index contributed by atoms with van der Waals surface area (Å²) in [5.41, 5.74) is 1.14. The summed E-state index contributed by atoms with van der Waals surface area (Å²) in [6.07, 6.45) is 0.389. The third kappa shape index (κ3) is 6.62. The summed E-state index contributed by atoms with van der Waals surface area (Å²) >= 11 is 0. The zero-order valence-electron chi connectivity index (χ0n) is 21.0. The number of amides is 1. The van der Waals surface area contributed by atoms with Crippen molar-refractivity contribution in [3.05, 3.63) is 53.9 Å². The predicted octanol–water partition coefficient (Wildman–Crippen LogP) is 1.28. The Kier molecular flexibility index (Phi) is 9.08. The van der Waals surface area contributed by atoms with Crippen LogP contribution in [-0.2, 0) is 21.2 Å². The van der Waals surface area contributed by atoms with Crippen LogP contribution in [0.5, 0.6) is 5.75 Å². The first-order valence-corrected chi connectivity index (χ1v) is 13.2. The molecule has 1 amide bonds. The summed E-state index contributed by atoms with van der Waals surface area (Å²) in [4.78, 5) is 18.6. The van der Waals surface area contributed by atoms with Crippen LogP contribution in [0.3, 0.4) is 0 Å². The van der Waals surface area contributed by atoms with Crippen LogP contribution < -0.4 is 4.74 Å². The minimum absolute atomic E-state index is 0.0373. The number of aliphatic hydroxyl groups is 2. The number of pyridine rings is 1. The minimum Gasteiger partial charge on any atom is -0.487 e. The highest BCUT2D eigenvalue weighted by Crippen LogP contribution is 2.34. The van der Waals surface area contributed by atoms with Crippen molar-refractivity contribution in [1.29, 1.82) is 0 Å². The van der Waals surface area contributed by atoms with Gasteiger partial charge in [-0.3, -0.25) is 9.78 Å². The van der Waals surface area contributed by atoms with Gasteiger partial charge in [-0.1, -0.05) is 24.8 Å². The van der Waals surface area contributed by atoms with Gasteiger partial charge >= 0.3 is 0 Å². The Hall–Kier alpha value is -2.97. The second-order valence-corrected chi connectivity index (χ2v) is 11.0. The average Bonchev–Trinajstić information content (AvgIpc) is 2.84. The van der Waals surface area contributed by atoms with Gasteiger partial charge in [0.15, 0.2) is 0 Å². The number of hydrogen-bond acceptors (Lipinski definition) is 7. The lowest BCUT2D eigenvalue weighted by atomic mass is 10.0. The number of carbonyl (C=O) groups is 1. The molecule has 0 spiro atoms. The van der Waals surface area contributed by atoms with Crippen LogP contribution in [0.1, 0.15) is 32.0 Å². The lowest BCUT2D eigenvalue weighted by Gasteiger charge is -2.37. The Morgan fingerprint density at radius 2 is 2.06 bits per heavy atom. The summed E-state index contributed by atoms with van der Waals surface area (Å²) in [7, 11) is -2.30. The molecule has 0 saturated heterocycles. The standard InChI is InChI=1S/C26H33N3O6S/c1-18-15-29(19(2)17-30)36(33,34)25-11-10-21(9-8-20(3)31)13-23(25)35-24(18)16-28(4)26(32)14-22-7-5-6-12-27-22/h5-7,10-13,18-20,24,30-31H,14-17H2,1-4H3/t18-,19-,20-,24+/m0/s1. The number of rotatable bonds is 6. The monoisotopic (exact) mass is 515 g/mol. The van der Waals surface area contributed by atoms with E-state index in [-0.39, 0.29) is 48.6 Å². The molecule has 1 aromatic carbocycles. The van der Waals surface area contributed by atoms with Gasteiger partial charge in [0.1, 0.15) is 22.9 Å². The molecule has 1 aromatic heterocycles. The molecule has 0 aliphatic carbocycles. The summed E-state index contributed by atoms with van der Waals surface area (Å²) in [5.74, 6) is 5.12. The normalized spacial score (nSPS) is 20.9. The molecule has 0 unspecified atom stereocenters. The molecule has 2 N–H and O–H groups in total. The highest BCUT2D eigenvalue weighted by atomic mass is 32.2. The fourth-order valence-electron chi connectivity index (χ4n) is 3.87.